The summed E-state index contributed by atoms with van der Waals surface area (Å²) in [5.41, 5.74) is 7.18. The normalized spacial score (nSPS) is 14.8. The van der Waals surface area contributed by atoms with Gasteiger partial charge in [0.05, 0.1) is 0 Å². The highest BCUT2D eigenvalue weighted by Crippen LogP contribution is 2.58. The molecule has 3 aromatic carbocycles. The minimum absolute atomic E-state index is 0.0103. The molecule has 174 valence electrons. The Balaban J connectivity index is 1.90. The third-order valence-corrected chi connectivity index (χ3v) is 6.90. The van der Waals surface area contributed by atoms with Gasteiger partial charge in [0, 0.05) is 59.8 Å². The van der Waals surface area contributed by atoms with E-state index in [2.05, 4.69) is 75.2 Å². The van der Waals surface area contributed by atoms with E-state index in [0.29, 0.717) is 6.54 Å². The summed E-state index contributed by atoms with van der Waals surface area (Å²) in [6.45, 7) is 14.4. The molecule has 0 aromatic heterocycles. The first-order valence-corrected chi connectivity index (χ1v) is 12.0. The number of hydrogen-bond acceptors (Lipinski definition) is 4. The van der Waals surface area contributed by atoms with Gasteiger partial charge in [0.25, 0.3) is 5.91 Å². The van der Waals surface area contributed by atoms with Crippen LogP contribution in [0.1, 0.15) is 52.0 Å². The first kappa shape index (κ1) is 22.1. The van der Waals surface area contributed by atoms with E-state index in [1.165, 1.54) is 0 Å². The first-order valence-electron chi connectivity index (χ1n) is 12.0. The Labute approximate surface area is 201 Å². The fourth-order valence-corrected chi connectivity index (χ4v) is 5.49. The molecule has 0 fully saturated rings. The van der Waals surface area contributed by atoms with Gasteiger partial charge in [-0.1, -0.05) is 24.3 Å². The third-order valence-electron chi connectivity index (χ3n) is 6.90. The smallest absolute Gasteiger partial charge is 0.255 e. The predicted molar refractivity (Wildman–Crippen MR) is 138 cm³/mol. The second kappa shape index (κ2) is 8.24. The van der Waals surface area contributed by atoms with E-state index in [-0.39, 0.29) is 5.91 Å². The lowest BCUT2D eigenvalue weighted by Gasteiger charge is -2.44. The lowest BCUT2D eigenvalue weighted by Crippen LogP contribution is -2.47. The van der Waals surface area contributed by atoms with Crippen LogP contribution in [0.25, 0.3) is 0 Å². The number of hydrogen-bond donors (Lipinski definition) is 2. The zero-order valence-electron chi connectivity index (χ0n) is 20.3. The van der Waals surface area contributed by atoms with E-state index >= 15 is 0 Å². The minimum atomic E-state index is -0.796. The van der Waals surface area contributed by atoms with Crippen LogP contribution in [0.3, 0.4) is 0 Å². The van der Waals surface area contributed by atoms with Crippen molar-refractivity contribution in [2.24, 2.45) is 0 Å². The molecular formula is C29H31N3O2. The van der Waals surface area contributed by atoms with Crippen molar-refractivity contribution in [2.45, 2.75) is 33.2 Å². The Bertz CT molecular complexity index is 1250. The summed E-state index contributed by atoms with van der Waals surface area (Å²) in [6, 6.07) is 16.5. The molecule has 2 heterocycles. The molecule has 0 atom stereocenters. The largest absolute Gasteiger partial charge is 0.456 e. The summed E-state index contributed by atoms with van der Waals surface area (Å²) < 4.78 is 6.58. The number of fused-ring (bicyclic) bond motifs is 6. The highest BCUT2D eigenvalue weighted by atomic mass is 16.5. The number of amides is 1. The molecule has 0 aliphatic carbocycles. The molecule has 2 N–H and O–H groups in total. The number of carbonyl (C=O) groups is 1. The van der Waals surface area contributed by atoms with Gasteiger partial charge in [0.15, 0.2) is 0 Å². The van der Waals surface area contributed by atoms with Crippen LogP contribution in [0.5, 0.6) is 11.5 Å². The lowest BCUT2D eigenvalue weighted by atomic mass is 9.73. The number of ether oxygens (including phenoxy) is 1. The summed E-state index contributed by atoms with van der Waals surface area (Å²) >= 11 is 0. The highest BCUT2D eigenvalue weighted by molar-refractivity contribution is 6.02. The van der Waals surface area contributed by atoms with Crippen molar-refractivity contribution in [3.63, 3.8) is 0 Å². The van der Waals surface area contributed by atoms with Gasteiger partial charge < -0.3 is 20.3 Å². The summed E-state index contributed by atoms with van der Waals surface area (Å²) in [6.07, 6.45) is 1.81. The van der Waals surface area contributed by atoms with Crippen molar-refractivity contribution in [1.82, 2.24) is 4.90 Å². The zero-order valence-corrected chi connectivity index (χ0v) is 20.3. The van der Waals surface area contributed by atoms with Crippen LogP contribution in [0, 0.1) is 13.8 Å². The number of nitrogens with one attached hydrogen (secondary N) is 2. The molecule has 0 saturated heterocycles. The van der Waals surface area contributed by atoms with Crippen LogP contribution in [0.4, 0.5) is 11.4 Å². The van der Waals surface area contributed by atoms with Crippen molar-refractivity contribution in [1.29, 1.82) is 0 Å². The number of benzene rings is 3. The van der Waals surface area contributed by atoms with Gasteiger partial charge >= 0.3 is 0 Å². The molecule has 5 heteroatoms. The maximum absolute atomic E-state index is 13.8. The van der Waals surface area contributed by atoms with Gasteiger partial charge in [0.1, 0.15) is 17.0 Å². The minimum Gasteiger partial charge on any atom is -0.456 e. The summed E-state index contributed by atoms with van der Waals surface area (Å²) in [7, 11) is 0. The van der Waals surface area contributed by atoms with Gasteiger partial charge in [0.2, 0.25) is 0 Å². The van der Waals surface area contributed by atoms with Gasteiger partial charge in [-0.25, -0.2) is 0 Å². The molecule has 3 aromatic rings. The summed E-state index contributed by atoms with van der Waals surface area (Å²) in [5.74, 6) is 1.54. The Morgan fingerprint density at radius 3 is 2.00 bits per heavy atom. The number of anilines is 2. The first-order chi connectivity index (χ1) is 16.5. The van der Waals surface area contributed by atoms with Crippen molar-refractivity contribution < 1.29 is 9.53 Å². The maximum Gasteiger partial charge on any atom is 0.255 e. The average molecular weight is 454 g/mol. The summed E-state index contributed by atoms with van der Waals surface area (Å²) in [4.78, 5) is 15.7. The molecule has 1 spiro atoms. The van der Waals surface area contributed by atoms with Gasteiger partial charge in [-0.3, -0.25) is 4.79 Å². The summed E-state index contributed by atoms with van der Waals surface area (Å²) in [5, 5.41) is 6.89. The molecule has 5 nitrogen and oxygen atoms in total. The third kappa shape index (κ3) is 2.96. The number of carbonyl (C=O) groups excluding carboxylic acids is 1. The molecule has 0 saturated carbocycles. The highest BCUT2D eigenvalue weighted by Gasteiger charge is 2.56. The maximum atomic E-state index is 13.8. The number of aryl methyl sites for hydroxylation is 2. The topological polar surface area (TPSA) is 53.6 Å². The second-order valence-electron chi connectivity index (χ2n) is 8.95. The molecule has 1 amide bonds. The number of nitrogens with zero attached hydrogens (tertiary/aromatic N) is 1. The van der Waals surface area contributed by atoms with Gasteiger partial charge in [-0.05, 0) is 62.6 Å². The molecular weight excluding hydrogens is 422 g/mol. The van der Waals surface area contributed by atoms with Crippen LogP contribution in [-0.4, -0.2) is 30.4 Å². The van der Waals surface area contributed by atoms with Crippen molar-refractivity contribution in [2.75, 3.05) is 30.3 Å². The molecule has 2 aliphatic heterocycles. The van der Waals surface area contributed by atoms with Crippen molar-refractivity contribution >= 4 is 17.3 Å². The molecule has 5 rings (SSSR count). The van der Waals surface area contributed by atoms with E-state index < -0.39 is 5.54 Å². The van der Waals surface area contributed by atoms with Crippen LogP contribution >= 0.6 is 0 Å². The fraction of sp³-hybridized carbons (Fsp3) is 0.276. The van der Waals surface area contributed by atoms with Gasteiger partial charge in [-0.2, -0.15) is 0 Å². The van der Waals surface area contributed by atoms with E-state index in [4.69, 9.17) is 4.74 Å². The Morgan fingerprint density at radius 2 is 1.47 bits per heavy atom. The monoisotopic (exact) mass is 453 g/mol. The standard InChI is InChI=1S/C29H31N3O2/c1-6-13-32-28(33)20-11-9-10-12-21(20)29(32)22-14-18(4)24(30-7-2)16-26(22)34-27-17-25(31-8-3)19(5)15-23(27)29/h6,9-12,14-17,30-31H,1,7-8,13H2,2-5H3. The Kier molecular flexibility index (Phi) is 5.35. The SMILES string of the molecule is C=CCN1C(=O)c2ccccc2C12c1cc(C)c(NCC)cc1Oc1cc(NCC)c(C)cc12. The quantitative estimate of drug-likeness (QED) is 0.436. The van der Waals surface area contributed by atoms with Gasteiger partial charge in [-0.15, -0.1) is 6.58 Å². The average Bonchev–Trinajstić information content (AvgIpc) is 3.06. The second-order valence-corrected chi connectivity index (χ2v) is 8.95. The van der Waals surface area contributed by atoms with E-state index in [1.807, 2.05) is 23.1 Å². The van der Waals surface area contributed by atoms with Crippen molar-refractivity contribution in [3.8, 4) is 11.5 Å². The Hall–Kier alpha value is -3.73. The lowest BCUT2D eigenvalue weighted by molar-refractivity contribution is 0.0694. The molecule has 34 heavy (non-hydrogen) atoms. The number of rotatable bonds is 6. The van der Waals surface area contributed by atoms with Crippen LogP contribution in [-0.2, 0) is 5.54 Å². The van der Waals surface area contributed by atoms with Crippen molar-refractivity contribution in [3.05, 3.63) is 94.6 Å². The van der Waals surface area contributed by atoms with E-state index in [9.17, 15) is 4.79 Å². The zero-order chi connectivity index (χ0) is 24.0. The molecule has 0 radical (unpaired) electrons. The van der Waals surface area contributed by atoms with Crippen LogP contribution in [0.15, 0.2) is 61.2 Å². The fourth-order valence-electron chi connectivity index (χ4n) is 5.49. The molecule has 0 bridgehead atoms. The predicted octanol–water partition coefficient (Wildman–Crippen LogP) is 6.21. The Morgan fingerprint density at radius 1 is 0.912 bits per heavy atom. The van der Waals surface area contributed by atoms with Crippen LogP contribution < -0.4 is 15.4 Å². The van der Waals surface area contributed by atoms with E-state index in [1.54, 1.807) is 6.08 Å². The van der Waals surface area contributed by atoms with Crippen LogP contribution in [0.2, 0.25) is 0 Å². The molecule has 2 aliphatic rings. The molecule has 0 unspecified atom stereocenters. The van der Waals surface area contributed by atoms with E-state index in [0.717, 1.165) is 69.3 Å².